The van der Waals surface area contributed by atoms with Gasteiger partial charge in [0.1, 0.15) is 6.10 Å². The van der Waals surface area contributed by atoms with E-state index in [-0.39, 0.29) is 6.61 Å². The number of hydrogen-bond acceptors (Lipinski definition) is 4. The van der Waals surface area contributed by atoms with E-state index in [2.05, 4.69) is 31.3 Å². The minimum absolute atomic E-state index is 0.364. The summed E-state index contributed by atoms with van der Waals surface area (Å²) in [6.07, 6.45) is 53.6. The summed E-state index contributed by atoms with van der Waals surface area (Å²) in [6, 6.07) is -0.798. The SMILES string of the molecule is CCCCCCCC/C=C\CCCCCCCCC(O)C(=O)NC(CO)C(O)/C=C/CCCCCCCCCCCCCCCCCCCCCCC. The van der Waals surface area contributed by atoms with E-state index < -0.39 is 24.2 Å². The number of carbonyl (C=O) groups excluding carboxylic acids is 1. The number of aliphatic hydroxyl groups is 3. The summed E-state index contributed by atoms with van der Waals surface area (Å²) >= 11 is 0. The van der Waals surface area contributed by atoms with Crippen molar-refractivity contribution in [2.45, 2.75) is 270 Å². The van der Waals surface area contributed by atoms with Crippen LogP contribution in [0, 0.1) is 0 Å². The number of amides is 1. The van der Waals surface area contributed by atoms with E-state index in [1.807, 2.05) is 6.08 Å². The molecule has 0 heterocycles. The zero-order valence-corrected chi connectivity index (χ0v) is 35.7. The molecule has 0 aliphatic rings. The lowest BCUT2D eigenvalue weighted by atomic mass is 10.0. The molecule has 0 aliphatic carbocycles. The van der Waals surface area contributed by atoms with Crippen LogP contribution in [0.15, 0.2) is 24.3 Å². The van der Waals surface area contributed by atoms with Crippen LogP contribution in [0.2, 0.25) is 0 Å². The number of unbranched alkanes of at least 4 members (excludes halogenated alkanes) is 33. The second-order valence-corrected chi connectivity index (χ2v) is 16.3. The Morgan fingerprint density at radius 2 is 0.755 bits per heavy atom. The summed E-state index contributed by atoms with van der Waals surface area (Å²) in [5.74, 6) is -0.506. The van der Waals surface area contributed by atoms with Gasteiger partial charge in [-0.25, -0.2) is 0 Å². The Balaban J connectivity index is 3.63. The van der Waals surface area contributed by atoms with E-state index in [1.165, 1.54) is 199 Å². The summed E-state index contributed by atoms with van der Waals surface area (Å²) in [4.78, 5) is 12.5. The molecule has 0 saturated carbocycles. The molecule has 5 heteroatoms. The van der Waals surface area contributed by atoms with Gasteiger partial charge < -0.3 is 20.6 Å². The standard InChI is InChI=1S/C48H93NO4/c1-3-5-7-9-11-13-15-17-19-21-22-23-24-25-26-27-29-30-32-34-36-38-40-42-46(51)45(44-50)49-48(53)47(52)43-41-39-37-35-33-31-28-20-18-16-14-12-10-8-6-4-2/h18,20,40,42,45-47,50-52H,3-17,19,21-39,41,43-44H2,1-2H3,(H,49,53)/b20-18-,42-40+. The third-order valence-corrected chi connectivity index (χ3v) is 11.0. The van der Waals surface area contributed by atoms with E-state index >= 15 is 0 Å². The molecule has 0 bridgehead atoms. The van der Waals surface area contributed by atoms with Gasteiger partial charge in [0, 0.05) is 0 Å². The van der Waals surface area contributed by atoms with Crippen LogP contribution < -0.4 is 5.32 Å². The molecule has 0 aromatic rings. The van der Waals surface area contributed by atoms with E-state index in [0.29, 0.717) is 6.42 Å². The molecular formula is C48H93NO4. The van der Waals surface area contributed by atoms with Crippen LogP contribution in [-0.4, -0.2) is 46.1 Å². The molecule has 0 aromatic heterocycles. The van der Waals surface area contributed by atoms with Crippen molar-refractivity contribution in [2.24, 2.45) is 0 Å². The predicted octanol–water partition coefficient (Wildman–Crippen LogP) is 13.8. The predicted molar refractivity (Wildman–Crippen MR) is 231 cm³/mol. The van der Waals surface area contributed by atoms with Crippen LogP contribution in [0.1, 0.15) is 251 Å². The molecule has 0 fully saturated rings. The van der Waals surface area contributed by atoms with Crippen molar-refractivity contribution in [1.82, 2.24) is 5.32 Å². The molecule has 0 radical (unpaired) electrons. The highest BCUT2D eigenvalue weighted by atomic mass is 16.3. The topological polar surface area (TPSA) is 89.8 Å². The average Bonchev–Trinajstić information content (AvgIpc) is 3.16. The van der Waals surface area contributed by atoms with Gasteiger partial charge in [0.25, 0.3) is 0 Å². The van der Waals surface area contributed by atoms with Crippen molar-refractivity contribution >= 4 is 5.91 Å². The Labute approximate surface area is 331 Å². The fraction of sp³-hybridized carbons (Fsp3) is 0.896. The van der Waals surface area contributed by atoms with Gasteiger partial charge in [-0.2, -0.15) is 0 Å². The second kappa shape index (κ2) is 43.6. The van der Waals surface area contributed by atoms with Gasteiger partial charge in [0.2, 0.25) is 5.91 Å². The van der Waals surface area contributed by atoms with Gasteiger partial charge in [-0.05, 0) is 44.9 Å². The molecule has 5 nitrogen and oxygen atoms in total. The number of nitrogens with one attached hydrogen (secondary N) is 1. The van der Waals surface area contributed by atoms with Crippen molar-refractivity contribution < 1.29 is 20.1 Å². The van der Waals surface area contributed by atoms with E-state index in [1.54, 1.807) is 6.08 Å². The number of carbonyl (C=O) groups is 1. The monoisotopic (exact) mass is 748 g/mol. The van der Waals surface area contributed by atoms with Crippen molar-refractivity contribution in [3.63, 3.8) is 0 Å². The maximum Gasteiger partial charge on any atom is 0.249 e. The number of aliphatic hydroxyl groups excluding tert-OH is 3. The summed E-state index contributed by atoms with van der Waals surface area (Å²) in [6.45, 7) is 4.19. The van der Waals surface area contributed by atoms with Crippen molar-refractivity contribution in [1.29, 1.82) is 0 Å². The third-order valence-electron chi connectivity index (χ3n) is 11.0. The fourth-order valence-corrected chi connectivity index (χ4v) is 7.30. The molecule has 0 rings (SSSR count). The zero-order chi connectivity index (χ0) is 38.7. The van der Waals surface area contributed by atoms with Gasteiger partial charge in [-0.3, -0.25) is 4.79 Å². The smallest absolute Gasteiger partial charge is 0.249 e. The Hall–Kier alpha value is -1.17. The number of allylic oxidation sites excluding steroid dienone is 3. The van der Waals surface area contributed by atoms with Gasteiger partial charge in [-0.1, -0.05) is 231 Å². The molecule has 1 amide bonds. The molecule has 3 atom stereocenters. The van der Waals surface area contributed by atoms with Gasteiger partial charge in [0.05, 0.1) is 18.8 Å². The van der Waals surface area contributed by atoms with E-state index in [0.717, 1.165) is 32.1 Å². The van der Waals surface area contributed by atoms with Gasteiger partial charge in [-0.15, -0.1) is 0 Å². The van der Waals surface area contributed by atoms with Crippen LogP contribution in [0.3, 0.4) is 0 Å². The summed E-state index contributed by atoms with van der Waals surface area (Å²) in [5.41, 5.74) is 0. The molecule has 0 aromatic carbocycles. The Kier molecular flexibility index (Phi) is 42.6. The lowest BCUT2D eigenvalue weighted by molar-refractivity contribution is -0.131. The molecular weight excluding hydrogens is 655 g/mol. The first kappa shape index (κ1) is 51.8. The maximum atomic E-state index is 12.5. The number of rotatable bonds is 43. The van der Waals surface area contributed by atoms with E-state index in [9.17, 15) is 20.1 Å². The van der Waals surface area contributed by atoms with Crippen molar-refractivity contribution in [3.8, 4) is 0 Å². The minimum atomic E-state index is -1.10. The normalized spacial score (nSPS) is 13.7. The van der Waals surface area contributed by atoms with Gasteiger partial charge in [0.15, 0.2) is 0 Å². The van der Waals surface area contributed by atoms with Gasteiger partial charge >= 0.3 is 0 Å². The number of hydrogen-bond donors (Lipinski definition) is 4. The average molecular weight is 748 g/mol. The Bertz CT molecular complexity index is 784. The first-order valence-electron chi connectivity index (χ1n) is 23.7. The molecule has 0 saturated heterocycles. The highest BCUT2D eigenvalue weighted by Crippen LogP contribution is 2.16. The van der Waals surface area contributed by atoms with Crippen LogP contribution >= 0.6 is 0 Å². The van der Waals surface area contributed by atoms with Crippen LogP contribution in [0.4, 0.5) is 0 Å². The van der Waals surface area contributed by atoms with Crippen LogP contribution in [0.5, 0.6) is 0 Å². The minimum Gasteiger partial charge on any atom is -0.394 e. The Morgan fingerprint density at radius 1 is 0.453 bits per heavy atom. The highest BCUT2D eigenvalue weighted by molar-refractivity contribution is 5.80. The first-order valence-corrected chi connectivity index (χ1v) is 23.7. The largest absolute Gasteiger partial charge is 0.394 e. The quantitative estimate of drug-likeness (QED) is 0.0369. The lowest BCUT2D eigenvalue weighted by Gasteiger charge is -2.21. The fourth-order valence-electron chi connectivity index (χ4n) is 7.30. The molecule has 0 spiro atoms. The second-order valence-electron chi connectivity index (χ2n) is 16.3. The molecule has 314 valence electrons. The third kappa shape index (κ3) is 38.9. The van der Waals surface area contributed by atoms with Crippen LogP contribution in [0.25, 0.3) is 0 Å². The Morgan fingerprint density at radius 3 is 1.09 bits per heavy atom. The lowest BCUT2D eigenvalue weighted by Crippen LogP contribution is -2.48. The molecule has 4 N–H and O–H groups in total. The molecule has 3 unspecified atom stereocenters. The van der Waals surface area contributed by atoms with Crippen LogP contribution in [-0.2, 0) is 4.79 Å². The summed E-state index contributed by atoms with van der Waals surface area (Å²) in [5, 5.41) is 33.2. The van der Waals surface area contributed by atoms with Crippen molar-refractivity contribution in [3.05, 3.63) is 24.3 Å². The highest BCUT2D eigenvalue weighted by Gasteiger charge is 2.22. The van der Waals surface area contributed by atoms with Crippen molar-refractivity contribution in [2.75, 3.05) is 6.61 Å². The first-order chi connectivity index (χ1) is 26.1. The maximum absolute atomic E-state index is 12.5. The molecule has 0 aliphatic heterocycles. The summed E-state index contributed by atoms with van der Waals surface area (Å²) in [7, 11) is 0. The zero-order valence-electron chi connectivity index (χ0n) is 35.7. The molecule has 53 heavy (non-hydrogen) atoms. The summed E-state index contributed by atoms with van der Waals surface area (Å²) < 4.78 is 0. The van der Waals surface area contributed by atoms with E-state index in [4.69, 9.17) is 0 Å².